The Labute approximate surface area is 185 Å². The Kier molecular flexibility index (Phi) is 7.44. The molecule has 1 fully saturated rings. The van der Waals surface area contributed by atoms with Gasteiger partial charge >= 0.3 is 0 Å². The van der Waals surface area contributed by atoms with Gasteiger partial charge in [0, 0.05) is 30.8 Å². The van der Waals surface area contributed by atoms with Gasteiger partial charge in [0.15, 0.2) is 0 Å². The topological polar surface area (TPSA) is 60.0 Å². The van der Waals surface area contributed by atoms with E-state index in [9.17, 15) is 4.79 Å². The average Bonchev–Trinajstić information content (AvgIpc) is 2.76. The van der Waals surface area contributed by atoms with Gasteiger partial charge in [-0.15, -0.1) is 0 Å². The Morgan fingerprint density at radius 3 is 2.19 bits per heavy atom. The number of rotatable bonds is 7. The lowest BCUT2D eigenvalue weighted by molar-refractivity contribution is 0.102. The van der Waals surface area contributed by atoms with Crippen molar-refractivity contribution < 1.29 is 19.0 Å². The first-order valence-electron chi connectivity index (χ1n) is 11.0. The molecule has 0 bridgehead atoms. The summed E-state index contributed by atoms with van der Waals surface area (Å²) in [6.07, 6.45) is 0. The largest absolute Gasteiger partial charge is 0.492 e. The highest BCUT2D eigenvalue weighted by molar-refractivity contribution is 6.05. The number of ether oxygens (including phenoxy) is 3. The number of hydrogen-bond donors (Lipinski definition) is 1. The quantitative estimate of drug-likeness (QED) is 0.684. The van der Waals surface area contributed by atoms with Gasteiger partial charge in [0.05, 0.1) is 37.8 Å². The third kappa shape index (κ3) is 5.70. The van der Waals surface area contributed by atoms with Crippen LogP contribution in [0.3, 0.4) is 0 Å². The molecule has 2 aromatic rings. The second-order valence-corrected chi connectivity index (χ2v) is 8.56. The van der Waals surface area contributed by atoms with Gasteiger partial charge in [0.2, 0.25) is 0 Å². The van der Waals surface area contributed by atoms with Crippen molar-refractivity contribution in [3.05, 3.63) is 47.5 Å². The van der Waals surface area contributed by atoms with Gasteiger partial charge in [0.1, 0.15) is 11.5 Å². The summed E-state index contributed by atoms with van der Waals surface area (Å²) >= 11 is 0. The van der Waals surface area contributed by atoms with E-state index in [0.717, 1.165) is 24.5 Å². The maximum absolute atomic E-state index is 13.0. The number of carbonyl (C=O) groups is 1. The van der Waals surface area contributed by atoms with Crippen LogP contribution in [0.2, 0.25) is 0 Å². The van der Waals surface area contributed by atoms with E-state index in [2.05, 4.69) is 31.0 Å². The van der Waals surface area contributed by atoms with Crippen molar-refractivity contribution in [3.8, 4) is 11.5 Å². The lowest BCUT2D eigenvalue weighted by Gasteiger charge is -2.31. The molecule has 168 valence electrons. The predicted octanol–water partition coefficient (Wildman–Crippen LogP) is 4.87. The molecule has 0 spiro atoms. The SMILES string of the molecule is CCOc1cc(N2CCOCC2)c(OCC)cc1NC(=O)c1ccc(C(C)(C)C)cc1. The van der Waals surface area contributed by atoms with Crippen molar-refractivity contribution in [2.45, 2.75) is 40.0 Å². The first kappa shape index (κ1) is 22.9. The van der Waals surface area contributed by atoms with Crippen molar-refractivity contribution in [2.75, 3.05) is 49.7 Å². The molecule has 6 nitrogen and oxygen atoms in total. The third-order valence-electron chi connectivity index (χ3n) is 5.27. The number of carbonyl (C=O) groups excluding carboxylic acids is 1. The summed E-state index contributed by atoms with van der Waals surface area (Å²) in [6, 6.07) is 11.6. The van der Waals surface area contributed by atoms with Crippen LogP contribution < -0.4 is 19.7 Å². The molecule has 31 heavy (non-hydrogen) atoms. The molecule has 6 heteroatoms. The highest BCUT2D eigenvalue weighted by atomic mass is 16.5. The molecule has 0 unspecified atom stereocenters. The van der Waals surface area contributed by atoms with Crippen molar-refractivity contribution in [3.63, 3.8) is 0 Å². The number of benzene rings is 2. The smallest absolute Gasteiger partial charge is 0.255 e. The summed E-state index contributed by atoms with van der Waals surface area (Å²) in [7, 11) is 0. The Hall–Kier alpha value is -2.73. The molecule has 2 aromatic carbocycles. The van der Waals surface area contributed by atoms with Crippen LogP contribution in [-0.2, 0) is 10.2 Å². The van der Waals surface area contributed by atoms with Crippen LogP contribution in [0.4, 0.5) is 11.4 Å². The molecular weight excluding hydrogens is 392 g/mol. The van der Waals surface area contributed by atoms with E-state index >= 15 is 0 Å². The fourth-order valence-corrected chi connectivity index (χ4v) is 3.56. The molecule has 1 N–H and O–H groups in total. The number of hydrogen-bond acceptors (Lipinski definition) is 5. The summed E-state index contributed by atoms with van der Waals surface area (Å²) in [5.74, 6) is 1.18. The molecular formula is C25H34N2O4. The predicted molar refractivity (Wildman–Crippen MR) is 125 cm³/mol. The van der Waals surface area contributed by atoms with E-state index < -0.39 is 0 Å². The van der Waals surface area contributed by atoms with Gasteiger partial charge in [-0.05, 0) is 37.0 Å². The molecule has 1 heterocycles. The minimum atomic E-state index is -0.178. The minimum Gasteiger partial charge on any atom is -0.492 e. The Morgan fingerprint density at radius 2 is 1.61 bits per heavy atom. The maximum Gasteiger partial charge on any atom is 0.255 e. The highest BCUT2D eigenvalue weighted by Gasteiger charge is 2.21. The number of morpholine rings is 1. The molecule has 1 amide bonds. The normalized spacial score (nSPS) is 14.3. The van der Waals surface area contributed by atoms with Crippen molar-refractivity contribution >= 4 is 17.3 Å². The van der Waals surface area contributed by atoms with E-state index in [1.807, 2.05) is 50.2 Å². The molecule has 0 aliphatic carbocycles. The summed E-state index contributed by atoms with van der Waals surface area (Å²) < 4.78 is 17.3. The van der Waals surface area contributed by atoms with E-state index in [1.165, 1.54) is 5.56 Å². The second-order valence-electron chi connectivity index (χ2n) is 8.56. The van der Waals surface area contributed by atoms with Crippen LogP contribution in [0.1, 0.15) is 50.5 Å². The maximum atomic E-state index is 13.0. The van der Waals surface area contributed by atoms with Crippen LogP contribution >= 0.6 is 0 Å². The van der Waals surface area contributed by atoms with Gasteiger partial charge in [0.25, 0.3) is 5.91 Å². The Balaban J connectivity index is 1.89. The first-order valence-corrected chi connectivity index (χ1v) is 11.0. The zero-order valence-corrected chi connectivity index (χ0v) is 19.3. The number of nitrogens with zero attached hydrogens (tertiary/aromatic N) is 1. The number of amides is 1. The van der Waals surface area contributed by atoms with Crippen LogP contribution in [0, 0.1) is 0 Å². The van der Waals surface area contributed by atoms with Crippen LogP contribution in [0.25, 0.3) is 0 Å². The molecule has 1 aliphatic rings. The Morgan fingerprint density at radius 1 is 1.00 bits per heavy atom. The molecule has 1 saturated heterocycles. The average molecular weight is 427 g/mol. The second kappa shape index (κ2) is 10.1. The highest BCUT2D eigenvalue weighted by Crippen LogP contribution is 2.39. The van der Waals surface area contributed by atoms with Crippen molar-refractivity contribution in [1.82, 2.24) is 0 Å². The number of anilines is 2. The molecule has 3 rings (SSSR count). The third-order valence-corrected chi connectivity index (χ3v) is 5.27. The fourth-order valence-electron chi connectivity index (χ4n) is 3.56. The number of nitrogens with one attached hydrogen (secondary N) is 1. The monoisotopic (exact) mass is 426 g/mol. The fraction of sp³-hybridized carbons (Fsp3) is 0.480. The van der Waals surface area contributed by atoms with E-state index in [0.29, 0.717) is 43.4 Å². The van der Waals surface area contributed by atoms with Gasteiger partial charge < -0.3 is 24.4 Å². The van der Waals surface area contributed by atoms with E-state index in [1.54, 1.807) is 0 Å². The van der Waals surface area contributed by atoms with Gasteiger partial charge in [-0.25, -0.2) is 0 Å². The molecule has 1 aliphatic heterocycles. The first-order chi connectivity index (χ1) is 14.8. The van der Waals surface area contributed by atoms with Gasteiger partial charge in [-0.3, -0.25) is 4.79 Å². The molecule has 0 radical (unpaired) electrons. The lowest BCUT2D eigenvalue weighted by Crippen LogP contribution is -2.36. The zero-order valence-electron chi connectivity index (χ0n) is 19.3. The Bertz CT molecular complexity index is 882. The van der Waals surface area contributed by atoms with Crippen LogP contribution in [-0.4, -0.2) is 45.4 Å². The van der Waals surface area contributed by atoms with Gasteiger partial charge in [-0.2, -0.15) is 0 Å². The lowest BCUT2D eigenvalue weighted by atomic mass is 9.87. The molecule has 0 atom stereocenters. The standard InChI is InChI=1S/C25H34N2O4/c1-6-30-22-17-21(27-12-14-29-15-13-27)23(31-7-2)16-20(22)26-24(28)18-8-10-19(11-9-18)25(3,4)5/h8-11,16-17H,6-7,12-15H2,1-5H3,(H,26,28). The van der Waals surface area contributed by atoms with Crippen molar-refractivity contribution in [1.29, 1.82) is 0 Å². The van der Waals surface area contributed by atoms with E-state index in [-0.39, 0.29) is 11.3 Å². The van der Waals surface area contributed by atoms with Crippen LogP contribution in [0.5, 0.6) is 11.5 Å². The van der Waals surface area contributed by atoms with Gasteiger partial charge in [-0.1, -0.05) is 32.9 Å². The summed E-state index contributed by atoms with van der Waals surface area (Å²) in [5.41, 5.74) is 3.39. The summed E-state index contributed by atoms with van der Waals surface area (Å²) in [4.78, 5) is 15.2. The molecule has 0 aromatic heterocycles. The summed E-state index contributed by atoms with van der Waals surface area (Å²) in [6.45, 7) is 14.3. The molecule has 0 saturated carbocycles. The van der Waals surface area contributed by atoms with Crippen molar-refractivity contribution in [2.24, 2.45) is 0 Å². The zero-order chi connectivity index (χ0) is 22.4. The minimum absolute atomic E-state index is 0.0405. The van der Waals surface area contributed by atoms with E-state index in [4.69, 9.17) is 14.2 Å². The summed E-state index contributed by atoms with van der Waals surface area (Å²) in [5, 5.41) is 3.01. The van der Waals surface area contributed by atoms with Crippen LogP contribution in [0.15, 0.2) is 36.4 Å².